The van der Waals surface area contributed by atoms with E-state index in [9.17, 15) is 0 Å². The fraction of sp³-hybridized carbons (Fsp3) is 0.438. The summed E-state index contributed by atoms with van der Waals surface area (Å²) in [7, 11) is 0. The van der Waals surface area contributed by atoms with Crippen molar-refractivity contribution in [3.05, 3.63) is 47.0 Å². The van der Waals surface area contributed by atoms with Gasteiger partial charge in [-0.1, -0.05) is 32.4 Å². The van der Waals surface area contributed by atoms with Gasteiger partial charge in [0.2, 0.25) is 0 Å². The lowest BCUT2D eigenvalue weighted by molar-refractivity contribution is 0.551. The van der Waals surface area contributed by atoms with Crippen LogP contribution in [0, 0.1) is 5.92 Å². The lowest BCUT2D eigenvalue weighted by Crippen LogP contribution is -2.20. The van der Waals surface area contributed by atoms with Crippen molar-refractivity contribution < 1.29 is 0 Å². The zero-order valence-corrected chi connectivity index (χ0v) is 13.1. The van der Waals surface area contributed by atoms with Gasteiger partial charge >= 0.3 is 0 Å². The van der Waals surface area contributed by atoms with Gasteiger partial charge in [-0.25, -0.2) is 4.98 Å². The molecule has 2 aromatic rings. The number of hydrogen-bond donors (Lipinski definition) is 1. The molecule has 0 aliphatic rings. The number of nitrogens with one attached hydrogen (secondary N) is 1. The molecule has 4 heteroatoms. The second kappa shape index (κ2) is 6.91. The van der Waals surface area contributed by atoms with Crippen molar-refractivity contribution in [1.29, 1.82) is 0 Å². The first-order chi connectivity index (χ1) is 9.61. The molecule has 3 nitrogen and oxygen atoms in total. The van der Waals surface area contributed by atoms with E-state index in [-0.39, 0.29) is 0 Å². The van der Waals surface area contributed by atoms with E-state index in [2.05, 4.69) is 41.7 Å². The van der Waals surface area contributed by atoms with Gasteiger partial charge in [0.05, 0.1) is 5.69 Å². The molecule has 1 N–H and O–H groups in total. The van der Waals surface area contributed by atoms with E-state index in [1.54, 1.807) is 0 Å². The molecular weight excluding hydrogens is 270 g/mol. The van der Waals surface area contributed by atoms with Crippen LogP contribution in [0.2, 0.25) is 5.02 Å². The Hall–Kier alpha value is -1.32. The number of aromatic nitrogens is 2. The molecule has 0 radical (unpaired) electrons. The van der Waals surface area contributed by atoms with E-state index in [0.29, 0.717) is 5.92 Å². The van der Waals surface area contributed by atoms with Crippen molar-refractivity contribution in [1.82, 2.24) is 14.9 Å². The predicted molar refractivity (Wildman–Crippen MR) is 84.5 cm³/mol. The molecule has 0 saturated carbocycles. The van der Waals surface area contributed by atoms with E-state index in [1.165, 1.54) is 5.56 Å². The molecule has 0 aliphatic carbocycles. The maximum Gasteiger partial charge on any atom is 0.112 e. The third-order valence-electron chi connectivity index (χ3n) is 3.20. The summed E-state index contributed by atoms with van der Waals surface area (Å²) in [6.07, 6.45) is 4.77. The maximum atomic E-state index is 6.14. The van der Waals surface area contributed by atoms with E-state index in [0.717, 1.165) is 36.0 Å². The Morgan fingerprint density at radius 2 is 2.15 bits per heavy atom. The quantitative estimate of drug-likeness (QED) is 0.876. The molecule has 0 saturated heterocycles. The summed E-state index contributed by atoms with van der Waals surface area (Å²) in [5.41, 5.74) is 2.35. The number of aryl methyl sites for hydroxylation is 1. The zero-order valence-electron chi connectivity index (χ0n) is 12.4. The Morgan fingerprint density at radius 3 is 2.85 bits per heavy atom. The molecule has 0 aliphatic heterocycles. The SMILES string of the molecule is CCc1nccn1-c1ccc(Cl)cc1CNCC(C)C. The zero-order chi connectivity index (χ0) is 14.5. The van der Waals surface area contributed by atoms with Crippen LogP contribution in [0.4, 0.5) is 0 Å². The molecule has 0 amide bonds. The first-order valence-corrected chi connectivity index (χ1v) is 7.51. The smallest absolute Gasteiger partial charge is 0.112 e. The number of benzene rings is 1. The molecule has 1 heterocycles. The molecule has 0 atom stereocenters. The van der Waals surface area contributed by atoms with Crippen LogP contribution in [0.15, 0.2) is 30.6 Å². The highest BCUT2D eigenvalue weighted by Crippen LogP contribution is 2.21. The first kappa shape index (κ1) is 15.1. The van der Waals surface area contributed by atoms with E-state index >= 15 is 0 Å². The number of halogens is 1. The van der Waals surface area contributed by atoms with Crippen molar-refractivity contribution >= 4 is 11.6 Å². The minimum absolute atomic E-state index is 0.636. The van der Waals surface area contributed by atoms with E-state index < -0.39 is 0 Å². The van der Waals surface area contributed by atoms with Gasteiger partial charge in [0.15, 0.2) is 0 Å². The van der Waals surface area contributed by atoms with Crippen LogP contribution in [0.1, 0.15) is 32.2 Å². The largest absolute Gasteiger partial charge is 0.312 e. The predicted octanol–water partition coefficient (Wildman–Crippen LogP) is 3.83. The lowest BCUT2D eigenvalue weighted by atomic mass is 10.1. The summed E-state index contributed by atoms with van der Waals surface area (Å²) < 4.78 is 2.14. The molecule has 1 aromatic heterocycles. The first-order valence-electron chi connectivity index (χ1n) is 7.13. The van der Waals surface area contributed by atoms with Crippen LogP contribution >= 0.6 is 11.6 Å². The highest BCUT2D eigenvalue weighted by molar-refractivity contribution is 6.30. The summed E-state index contributed by atoms with van der Waals surface area (Å²) in [5.74, 6) is 1.70. The van der Waals surface area contributed by atoms with Crippen molar-refractivity contribution in [2.45, 2.75) is 33.7 Å². The fourth-order valence-electron chi connectivity index (χ4n) is 2.24. The highest BCUT2D eigenvalue weighted by atomic mass is 35.5. The van der Waals surface area contributed by atoms with Gasteiger partial charge in [-0.05, 0) is 36.2 Å². The van der Waals surface area contributed by atoms with Crippen LogP contribution < -0.4 is 5.32 Å². The van der Waals surface area contributed by atoms with Crippen LogP contribution in [0.3, 0.4) is 0 Å². The number of hydrogen-bond acceptors (Lipinski definition) is 2. The van der Waals surface area contributed by atoms with Gasteiger partial charge < -0.3 is 9.88 Å². The topological polar surface area (TPSA) is 29.9 Å². The van der Waals surface area contributed by atoms with Gasteiger partial charge in [-0.15, -0.1) is 0 Å². The normalized spacial score (nSPS) is 11.2. The summed E-state index contributed by atoms with van der Waals surface area (Å²) in [4.78, 5) is 4.39. The minimum Gasteiger partial charge on any atom is -0.312 e. The minimum atomic E-state index is 0.636. The molecule has 0 fully saturated rings. The van der Waals surface area contributed by atoms with Crippen molar-refractivity contribution in [2.24, 2.45) is 5.92 Å². The monoisotopic (exact) mass is 291 g/mol. The average Bonchev–Trinajstić information content (AvgIpc) is 2.86. The van der Waals surface area contributed by atoms with E-state index in [4.69, 9.17) is 11.6 Å². The Balaban J connectivity index is 2.28. The molecule has 0 unspecified atom stereocenters. The molecular formula is C16H22ClN3. The average molecular weight is 292 g/mol. The highest BCUT2D eigenvalue weighted by Gasteiger charge is 2.09. The molecule has 20 heavy (non-hydrogen) atoms. The summed E-state index contributed by atoms with van der Waals surface area (Å²) in [6, 6.07) is 6.03. The molecule has 108 valence electrons. The molecule has 0 spiro atoms. The fourth-order valence-corrected chi connectivity index (χ4v) is 2.44. The van der Waals surface area contributed by atoms with Crippen molar-refractivity contribution in [3.8, 4) is 5.69 Å². The van der Waals surface area contributed by atoms with Gasteiger partial charge in [-0.2, -0.15) is 0 Å². The van der Waals surface area contributed by atoms with Crippen LogP contribution in [0.5, 0.6) is 0 Å². The van der Waals surface area contributed by atoms with E-state index in [1.807, 2.05) is 24.5 Å². The lowest BCUT2D eigenvalue weighted by Gasteiger charge is -2.14. The second-order valence-corrected chi connectivity index (χ2v) is 5.80. The number of nitrogens with zero attached hydrogens (tertiary/aromatic N) is 2. The number of imidazole rings is 1. The Bertz CT molecular complexity index is 561. The van der Waals surface area contributed by atoms with Crippen LogP contribution in [0.25, 0.3) is 5.69 Å². The maximum absolute atomic E-state index is 6.14. The Labute approximate surface area is 126 Å². The number of rotatable bonds is 6. The Kier molecular flexibility index (Phi) is 5.21. The molecule has 0 bridgehead atoms. The summed E-state index contributed by atoms with van der Waals surface area (Å²) >= 11 is 6.14. The van der Waals surface area contributed by atoms with Gasteiger partial charge in [0.25, 0.3) is 0 Å². The molecule has 1 aromatic carbocycles. The van der Waals surface area contributed by atoms with Crippen molar-refractivity contribution in [2.75, 3.05) is 6.54 Å². The second-order valence-electron chi connectivity index (χ2n) is 5.36. The van der Waals surface area contributed by atoms with Gasteiger partial charge in [0.1, 0.15) is 5.82 Å². The third-order valence-corrected chi connectivity index (χ3v) is 3.44. The summed E-state index contributed by atoms with van der Waals surface area (Å²) in [5, 5.41) is 4.25. The summed E-state index contributed by atoms with van der Waals surface area (Å²) in [6.45, 7) is 8.34. The van der Waals surface area contributed by atoms with Gasteiger partial charge in [-0.3, -0.25) is 0 Å². The van der Waals surface area contributed by atoms with Crippen molar-refractivity contribution in [3.63, 3.8) is 0 Å². The van der Waals surface area contributed by atoms with Crippen LogP contribution in [-0.2, 0) is 13.0 Å². The Morgan fingerprint density at radius 1 is 1.35 bits per heavy atom. The third kappa shape index (κ3) is 3.62. The molecule has 2 rings (SSSR count). The van der Waals surface area contributed by atoms with Gasteiger partial charge in [0, 0.05) is 30.4 Å². The standard InChI is InChI=1S/C16H22ClN3/c1-4-16-19-7-8-20(16)15-6-5-14(17)9-13(15)11-18-10-12(2)3/h5-9,12,18H,4,10-11H2,1-3H3. The van der Waals surface area contributed by atoms with Crippen LogP contribution in [-0.4, -0.2) is 16.1 Å².